The minimum atomic E-state index is -0.886. The molecule has 0 bridgehead atoms. The van der Waals surface area contributed by atoms with Gasteiger partial charge in [0.1, 0.15) is 0 Å². The minimum Gasteiger partial charge on any atom is -0.481 e. The van der Waals surface area contributed by atoms with E-state index in [2.05, 4.69) is 0 Å². The molecule has 1 aliphatic rings. The summed E-state index contributed by atoms with van der Waals surface area (Å²) < 4.78 is 0. The van der Waals surface area contributed by atoms with Crippen molar-refractivity contribution in [3.8, 4) is 0 Å². The van der Waals surface area contributed by atoms with Crippen molar-refractivity contribution in [2.24, 2.45) is 5.73 Å². The van der Waals surface area contributed by atoms with E-state index in [1.165, 1.54) is 0 Å². The molecule has 0 spiro atoms. The molecule has 104 valence electrons. The highest BCUT2D eigenvalue weighted by Gasteiger charge is 2.39. The fourth-order valence-electron chi connectivity index (χ4n) is 2.70. The number of carbonyl (C=O) groups is 2. The molecule has 5 nitrogen and oxygen atoms in total. The molecule has 0 aromatic heterocycles. The Morgan fingerprint density at radius 3 is 2.33 bits per heavy atom. The van der Waals surface area contributed by atoms with Crippen LogP contribution in [0.4, 0.5) is 0 Å². The lowest BCUT2D eigenvalue weighted by Crippen LogP contribution is -2.58. The first-order chi connectivity index (χ1) is 8.40. The average Bonchev–Trinajstić information content (AvgIpc) is 2.29. The van der Waals surface area contributed by atoms with E-state index >= 15 is 0 Å². The topological polar surface area (TPSA) is 83.6 Å². The number of carboxylic acid groups (broad SMARTS) is 1. The predicted octanol–water partition coefficient (Wildman–Crippen LogP) is 1.36. The third-order valence-electron chi connectivity index (χ3n) is 3.78. The van der Waals surface area contributed by atoms with E-state index in [9.17, 15) is 9.59 Å². The van der Waals surface area contributed by atoms with Crippen LogP contribution in [0.5, 0.6) is 0 Å². The molecule has 0 saturated heterocycles. The first kappa shape index (κ1) is 15.0. The maximum atomic E-state index is 12.5. The molecule has 0 aromatic carbocycles. The smallest absolute Gasteiger partial charge is 0.305 e. The molecule has 5 heteroatoms. The quantitative estimate of drug-likeness (QED) is 0.778. The van der Waals surface area contributed by atoms with Gasteiger partial charge in [-0.1, -0.05) is 19.3 Å². The molecule has 1 fully saturated rings. The second-order valence-electron chi connectivity index (χ2n) is 5.25. The Hall–Kier alpha value is -1.10. The molecule has 1 atom stereocenters. The third kappa shape index (κ3) is 3.45. The molecule has 0 radical (unpaired) electrons. The Bertz CT molecular complexity index is 311. The number of hydrogen-bond acceptors (Lipinski definition) is 3. The summed E-state index contributed by atoms with van der Waals surface area (Å²) in [5.41, 5.74) is 5.43. The number of carboxylic acids is 1. The molecule has 18 heavy (non-hydrogen) atoms. The van der Waals surface area contributed by atoms with Crippen LogP contribution in [0.15, 0.2) is 0 Å². The highest BCUT2D eigenvalue weighted by molar-refractivity contribution is 5.87. The van der Waals surface area contributed by atoms with Gasteiger partial charge in [0.25, 0.3) is 0 Å². The number of likely N-dealkylation sites (N-methyl/N-ethyl adjacent to an activating group) is 1. The van der Waals surface area contributed by atoms with E-state index in [0.717, 1.165) is 19.3 Å². The largest absolute Gasteiger partial charge is 0.481 e. The number of nitrogens with two attached hydrogens (primary N) is 1. The van der Waals surface area contributed by atoms with Gasteiger partial charge in [0.2, 0.25) is 5.91 Å². The van der Waals surface area contributed by atoms with Crippen LogP contribution in [-0.4, -0.2) is 40.0 Å². The van der Waals surface area contributed by atoms with Crippen LogP contribution in [0.2, 0.25) is 0 Å². The lowest BCUT2D eigenvalue weighted by atomic mass is 9.81. The van der Waals surface area contributed by atoms with Crippen molar-refractivity contribution in [1.82, 2.24) is 4.90 Å². The van der Waals surface area contributed by atoms with Crippen molar-refractivity contribution < 1.29 is 14.7 Å². The molecule has 1 unspecified atom stereocenters. The van der Waals surface area contributed by atoms with Crippen molar-refractivity contribution in [2.75, 3.05) is 6.54 Å². The number of hydrogen-bond donors (Lipinski definition) is 2. The van der Waals surface area contributed by atoms with Gasteiger partial charge in [0.15, 0.2) is 0 Å². The lowest BCUT2D eigenvalue weighted by Gasteiger charge is -2.38. The fraction of sp³-hybridized carbons (Fsp3) is 0.846. The monoisotopic (exact) mass is 256 g/mol. The van der Waals surface area contributed by atoms with Gasteiger partial charge in [-0.2, -0.15) is 0 Å². The Morgan fingerprint density at radius 2 is 1.89 bits per heavy atom. The van der Waals surface area contributed by atoms with Crippen molar-refractivity contribution >= 4 is 11.9 Å². The standard InChI is InChI=1S/C13H24N2O3/c1-3-15(10(2)9-11(16)17)12(18)13(14)7-5-4-6-8-13/h10H,3-9,14H2,1-2H3,(H,16,17). The first-order valence-corrected chi connectivity index (χ1v) is 6.72. The van der Waals surface area contributed by atoms with Crippen LogP contribution in [0.25, 0.3) is 0 Å². The number of aliphatic carboxylic acids is 1. The molecule has 3 N–H and O–H groups in total. The maximum absolute atomic E-state index is 12.5. The van der Waals surface area contributed by atoms with E-state index in [4.69, 9.17) is 10.8 Å². The SMILES string of the molecule is CCN(C(=O)C1(N)CCCCC1)C(C)CC(=O)O. The van der Waals surface area contributed by atoms with E-state index in [1.54, 1.807) is 11.8 Å². The van der Waals surface area contributed by atoms with Crippen LogP contribution < -0.4 is 5.73 Å². The highest BCUT2D eigenvalue weighted by Crippen LogP contribution is 2.28. The van der Waals surface area contributed by atoms with Crippen LogP contribution in [0, 0.1) is 0 Å². The Labute approximate surface area is 108 Å². The molecular weight excluding hydrogens is 232 g/mol. The Morgan fingerprint density at radius 1 is 1.33 bits per heavy atom. The van der Waals surface area contributed by atoms with Crippen molar-refractivity contribution in [2.45, 2.75) is 64.0 Å². The summed E-state index contributed by atoms with van der Waals surface area (Å²) in [6.45, 7) is 4.14. The van der Waals surface area contributed by atoms with Gasteiger partial charge in [-0.25, -0.2) is 0 Å². The number of nitrogens with zero attached hydrogens (tertiary/aromatic N) is 1. The summed E-state index contributed by atoms with van der Waals surface area (Å²) in [6, 6.07) is -0.303. The van der Waals surface area contributed by atoms with Crippen LogP contribution in [0.1, 0.15) is 52.4 Å². The van der Waals surface area contributed by atoms with Gasteiger partial charge in [0, 0.05) is 12.6 Å². The summed E-state index contributed by atoms with van der Waals surface area (Å²) in [7, 11) is 0. The van der Waals surface area contributed by atoms with Gasteiger partial charge < -0.3 is 15.7 Å². The zero-order valence-corrected chi connectivity index (χ0v) is 11.3. The minimum absolute atomic E-state index is 0.0321. The first-order valence-electron chi connectivity index (χ1n) is 6.72. The molecule has 1 rings (SSSR count). The van der Waals surface area contributed by atoms with Crippen LogP contribution >= 0.6 is 0 Å². The van der Waals surface area contributed by atoms with Crippen molar-refractivity contribution in [3.05, 3.63) is 0 Å². The molecule has 0 aliphatic heterocycles. The van der Waals surface area contributed by atoms with Crippen LogP contribution in [-0.2, 0) is 9.59 Å². The third-order valence-corrected chi connectivity index (χ3v) is 3.78. The van der Waals surface area contributed by atoms with E-state index in [1.807, 2.05) is 6.92 Å². The summed E-state index contributed by atoms with van der Waals surface area (Å²) in [5.74, 6) is -0.970. The summed E-state index contributed by atoms with van der Waals surface area (Å²) in [6.07, 6.45) is 4.48. The van der Waals surface area contributed by atoms with Crippen molar-refractivity contribution in [3.63, 3.8) is 0 Å². The molecule has 0 heterocycles. The molecule has 0 aromatic rings. The second-order valence-corrected chi connectivity index (χ2v) is 5.25. The van der Waals surface area contributed by atoms with E-state index in [0.29, 0.717) is 19.4 Å². The van der Waals surface area contributed by atoms with Gasteiger partial charge >= 0.3 is 5.97 Å². The Kier molecular flexibility index (Phi) is 5.14. The normalized spacial score (nSPS) is 20.2. The van der Waals surface area contributed by atoms with Gasteiger partial charge in [-0.05, 0) is 26.7 Å². The predicted molar refractivity (Wildman–Crippen MR) is 69.1 cm³/mol. The molecular formula is C13H24N2O3. The fourth-order valence-corrected chi connectivity index (χ4v) is 2.70. The zero-order chi connectivity index (χ0) is 13.8. The molecule has 1 saturated carbocycles. The van der Waals surface area contributed by atoms with E-state index in [-0.39, 0.29) is 18.4 Å². The number of carbonyl (C=O) groups excluding carboxylic acids is 1. The zero-order valence-electron chi connectivity index (χ0n) is 11.3. The Balaban J connectivity index is 2.74. The van der Waals surface area contributed by atoms with E-state index < -0.39 is 11.5 Å². The van der Waals surface area contributed by atoms with Crippen LogP contribution in [0.3, 0.4) is 0 Å². The average molecular weight is 256 g/mol. The van der Waals surface area contributed by atoms with Crippen molar-refractivity contribution in [1.29, 1.82) is 0 Å². The van der Waals surface area contributed by atoms with Gasteiger partial charge in [-0.3, -0.25) is 9.59 Å². The molecule has 1 aliphatic carbocycles. The highest BCUT2D eigenvalue weighted by atomic mass is 16.4. The van der Waals surface area contributed by atoms with Gasteiger partial charge in [-0.15, -0.1) is 0 Å². The number of amides is 1. The summed E-state index contributed by atoms with van der Waals surface area (Å²) in [4.78, 5) is 24.8. The van der Waals surface area contributed by atoms with Gasteiger partial charge in [0.05, 0.1) is 12.0 Å². The number of rotatable bonds is 5. The summed E-state index contributed by atoms with van der Waals surface area (Å²) in [5, 5.41) is 8.82. The second kappa shape index (κ2) is 6.18. The summed E-state index contributed by atoms with van der Waals surface area (Å²) >= 11 is 0. The lowest BCUT2D eigenvalue weighted by molar-refractivity contribution is -0.143. The maximum Gasteiger partial charge on any atom is 0.305 e. The molecule has 1 amide bonds.